The van der Waals surface area contributed by atoms with Crippen LogP contribution in [0.5, 0.6) is 0 Å². The Bertz CT molecular complexity index is 283. The van der Waals surface area contributed by atoms with Gasteiger partial charge < -0.3 is 19.3 Å². The summed E-state index contributed by atoms with van der Waals surface area (Å²) < 4.78 is 9.91. The topological polar surface area (TPSA) is 42.0 Å². The molecule has 0 bridgehead atoms. The van der Waals surface area contributed by atoms with Crippen molar-refractivity contribution in [2.45, 2.75) is 0 Å². The molecule has 16 heavy (non-hydrogen) atoms. The maximum atomic E-state index is 10.8. The lowest BCUT2D eigenvalue weighted by Crippen LogP contribution is -2.34. The van der Waals surface area contributed by atoms with Crippen molar-refractivity contribution in [3.63, 3.8) is 0 Å². The average Bonchev–Trinajstić information content (AvgIpc) is 2.62. The molecule has 0 aliphatic carbocycles. The fraction of sp³-hybridized carbons (Fsp3) is 0.600. The first-order valence-electron chi connectivity index (χ1n) is 5.01. The molecule has 0 aromatic carbocycles. The van der Waals surface area contributed by atoms with E-state index in [4.69, 9.17) is 21.7 Å². The van der Waals surface area contributed by atoms with E-state index in [-0.39, 0.29) is 0 Å². The van der Waals surface area contributed by atoms with E-state index >= 15 is 0 Å². The van der Waals surface area contributed by atoms with E-state index in [9.17, 15) is 4.79 Å². The fourth-order valence-corrected chi connectivity index (χ4v) is 1.76. The van der Waals surface area contributed by atoms with Crippen LogP contribution in [0.25, 0.3) is 0 Å². The smallest absolute Gasteiger partial charge is 0.330 e. The van der Waals surface area contributed by atoms with Crippen LogP contribution in [0.1, 0.15) is 0 Å². The summed E-state index contributed by atoms with van der Waals surface area (Å²) in [5.74, 6) is -0.404. The van der Waals surface area contributed by atoms with E-state index in [1.807, 2.05) is 9.80 Å². The van der Waals surface area contributed by atoms with E-state index in [2.05, 4.69) is 6.58 Å². The van der Waals surface area contributed by atoms with E-state index in [1.165, 1.54) is 0 Å². The molecule has 1 heterocycles. The second kappa shape index (κ2) is 6.44. The predicted molar refractivity (Wildman–Crippen MR) is 63.9 cm³/mol. The van der Waals surface area contributed by atoms with Gasteiger partial charge in [-0.2, -0.15) is 0 Å². The van der Waals surface area contributed by atoms with Gasteiger partial charge in [0, 0.05) is 26.3 Å². The number of hydrogen-bond donors (Lipinski definition) is 0. The largest absolute Gasteiger partial charge is 0.461 e. The first kappa shape index (κ1) is 12.9. The Morgan fingerprint density at radius 3 is 2.88 bits per heavy atom. The summed E-state index contributed by atoms with van der Waals surface area (Å²) in [6.45, 7) is 6.45. The minimum Gasteiger partial charge on any atom is -0.461 e. The zero-order chi connectivity index (χ0) is 12.0. The van der Waals surface area contributed by atoms with E-state index in [0.29, 0.717) is 19.9 Å². The van der Waals surface area contributed by atoms with Crippen molar-refractivity contribution in [3.05, 3.63) is 12.7 Å². The Labute approximate surface area is 101 Å². The van der Waals surface area contributed by atoms with Gasteiger partial charge >= 0.3 is 5.97 Å². The van der Waals surface area contributed by atoms with E-state index < -0.39 is 5.97 Å². The summed E-state index contributed by atoms with van der Waals surface area (Å²) in [6, 6.07) is 0. The van der Waals surface area contributed by atoms with Gasteiger partial charge in [0.1, 0.15) is 13.3 Å². The van der Waals surface area contributed by atoms with Crippen molar-refractivity contribution >= 4 is 23.3 Å². The van der Waals surface area contributed by atoms with Crippen LogP contribution >= 0.6 is 12.2 Å². The molecule has 1 aliphatic rings. The fourth-order valence-electron chi connectivity index (χ4n) is 1.43. The molecule has 0 radical (unpaired) electrons. The number of hydrogen-bond acceptors (Lipinski definition) is 4. The van der Waals surface area contributed by atoms with Gasteiger partial charge in [0.2, 0.25) is 0 Å². The van der Waals surface area contributed by atoms with Gasteiger partial charge in [-0.15, -0.1) is 0 Å². The number of ether oxygens (including phenoxy) is 2. The highest BCUT2D eigenvalue weighted by Gasteiger charge is 2.23. The number of carbonyl (C=O) groups excluding carboxylic acids is 1. The first-order valence-corrected chi connectivity index (χ1v) is 5.42. The van der Waals surface area contributed by atoms with Crippen LogP contribution in [0.3, 0.4) is 0 Å². The highest BCUT2D eigenvalue weighted by atomic mass is 32.1. The second-order valence-corrected chi connectivity index (χ2v) is 3.69. The number of nitrogens with zero attached hydrogens (tertiary/aromatic N) is 2. The van der Waals surface area contributed by atoms with Gasteiger partial charge in [0.15, 0.2) is 5.11 Å². The maximum absolute atomic E-state index is 10.8. The summed E-state index contributed by atoms with van der Waals surface area (Å²) >= 11 is 5.25. The summed E-state index contributed by atoms with van der Waals surface area (Å²) in [7, 11) is 1.64. The molecule has 1 aliphatic heterocycles. The third-order valence-electron chi connectivity index (χ3n) is 2.24. The molecule has 0 atom stereocenters. The predicted octanol–water partition coefficient (Wildman–Crippen LogP) is 0.222. The standard InChI is InChI=1S/C10H16N2O3S/c1-3-9(13)15-7-6-11-4-5-12(8-14-2)10(11)16/h3H,1,4-8H2,2H3. The van der Waals surface area contributed by atoms with Crippen LogP contribution in [-0.4, -0.2) is 61.0 Å². The zero-order valence-electron chi connectivity index (χ0n) is 9.35. The van der Waals surface area contributed by atoms with Crippen molar-refractivity contribution in [1.82, 2.24) is 9.80 Å². The molecule has 0 N–H and O–H groups in total. The molecule has 0 spiro atoms. The van der Waals surface area contributed by atoms with E-state index in [0.717, 1.165) is 24.3 Å². The molecule has 1 fully saturated rings. The van der Waals surface area contributed by atoms with Crippen LogP contribution in [0.15, 0.2) is 12.7 Å². The summed E-state index contributed by atoms with van der Waals surface area (Å²) in [4.78, 5) is 14.8. The highest BCUT2D eigenvalue weighted by Crippen LogP contribution is 2.08. The third kappa shape index (κ3) is 3.46. The van der Waals surface area contributed by atoms with Gasteiger partial charge in [0.25, 0.3) is 0 Å². The highest BCUT2D eigenvalue weighted by molar-refractivity contribution is 7.80. The molecule has 1 rings (SSSR count). The quantitative estimate of drug-likeness (QED) is 0.378. The lowest BCUT2D eigenvalue weighted by atomic mass is 10.5. The molecule has 5 nitrogen and oxygen atoms in total. The van der Waals surface area contributed by atoms with Crippen molar-refractivity contribution < 1.29 is 14.3 Å². The molecule has 0 aromatic heterocycles. The van der Waals surface area contributed by atoms with Crippen LogP contribution in [0.4, 0.5) is 0 Å². The van der Waals surface area contributed by atoms with Gasteiger partial charge in [-0.1, -0.05) is 6.58 Å². The average molecular weight is 244 g/mol. The van der Waals surface area contributed by atoms with Crippen LogP contribution < -0.4 is 0 Å². The summed E-state index contributed by atoms with van der Waals surface area (Å²) in [5, 5.41) is 0.747. The monoisotopic (exact) mass is 244 g/mol. The Hall–Kier alpha value is -1.14. The molecule has 6 heteroatoms. The maximum Gasteiger partial charge on any atom is 0.330 e. The van der Waals surface area contributed by atoms with Crippen molar-refractivity contribution in [3.8, 4) is 0 Å². The number of esters is 1. The Kier molecular flexibility index (Phi) is 5.21. The van der Waals surface area contributed by atoms with Gasteiger partial charge in [-0.3, -0.25) is 0 Å². The number of carbonyl (C=O) groups is 1. The van der Waals surface area contributed by atoms with Crippen molar-refractivity contribution in [1.29, 1.82) is 0 Å². The molecule has 0 amide bonds. The third-order valence-corrected chi connectivity index (χ3v) is 2.75. The lowest BCUT2D eigenvalue weighted by molar-refractivity contribution is -0.137. The van der Waals surface area contributed by atoms with Crippen LogP contribution in [0, 0.1) is 0 Å². The van der Waals surface area contributed by atoms with Crippen molar-refractivity contribution in [2.24, 2.45) is 0 Å². The van der Waals surface area contributed by atoms with E-state index in [1.54, 1.807) is 7.11 Å². The molecular weight excluding hydrogens is 228 g/mol. The number of methoxy groups -OCH3 is 1. The number of rotatable bonds is 6. The van der Waals surface area contributed by atoms with Gasteiger partial charge in [0.05, 0.1) is 6.54 Å². The molecule has 90 valence electrons. The summed E-state index contributed by atoms with van der Waals surface area (Å²) in [6.07, 6.45) is 1.15. The summed E-state index contributed by atoms with van der Waals surface area (Å²) in [5.41, 5.74) is 0. The number of thiocarbonyl (C=S) groups is 1. The van der Waals surface area contributed by atoms with Crippen LogP contribution in [-0.2, 0) is 14.3 Å². The minimum absolute atomic E-state index is 0.325. The van der Waals surface area contributed by atoms with Crippen molar-refractivity contribution in [2.75, 3.05) is 40.1 Å². The van der Waals surface area contributed by atoms with Gasteiger partial charge in [-0.05, 0) is 12.2 Å². The lowest BCUT2D eigenvalue weighted by Gasteiger charge is -2.20. The molecular formula is C10H16N2O3S. The van der Waals surface area contributed by atoms with Crippen LogP contribution in [0.2, 0.25) is 0 Å². The molecule has 0 unspecified atom stereocenters. The Morgan fingerprint density at radius 1 is 1.56 bits per heavy atom. The molecule has 1 saturated heterocycles. The SMILES string of the molecule is C=CC(=O)OCCN1CCN(COC)C1=S. The second-order valence-electron chi connectivity index (χ2n) is 3.32. The Morgan fingerprint density at radius 2 is 2.25 bits per heavy atom. The normalized spacial score (nSPS) is 15.4. The zero-order valence-corrected chi connectivity index (χ0v) is 10.2. The minimum atomic E-state index is -0.404. The molecule has 0 aromatic rings. The Balaban J connectivity index is 2.26. The molecule has 0 saturated carbocycles. The van der Waals surface area contributed by atoms with Gasteiger partial charge in [-0.25, -0.2) is 4.79 Å². The first-order chi connectivity index (χ1) is 7.69.